The summed E-state index contributed by atoms with van der Waals surface area (Å²) in [5.41, 5.74) is 2.39. The lowest BCUT2D eigenvalue weighted by Gasteiger charge is -2.20. The molecule has 0 aromatic heterocycles. The second-order valence-electron chi connectivity index (χ2n) is 6.71. The van der Waals surface area contributed by atoms with Gasteiger partial charge in [0.1, 0.15) is 5.75 Å². The van der Waals surface area contributed by atoms with Crippen molar-refractivity contribution in [3.05, 3.63) is 53.6 Å². The molecule has 1 amide bonds. The molecular weight excluding hydrogens is 364 g/mol. The first-order valence-corrected chi connectivity index (χ1v) is 10.4. The van der Waals surface area contributed by atoms with E-state index in [0.29, 0.717) is 13.0 Å². The van der Waals surface area contributed by atoms with Crippen LogP contribution in [0.4, 0.5) is 5.69 Å². The lowest BCUT2D eigenvalue weighted by atomic mass is 10.1. The van der Waals surface area contributed by atoms with Crippen LogP contribution < -0.4 is 14.4 Å². The van der Waals surface area contributed by atoms with Crippen LogP contribution in [-0.4, -0.2) is 28.0 Å². The topological polar surface area (TPSA) is 75.7 Å². The van der Waals surface area contributed by atoms with Gasteiger partial charge < -0.3 is 9.64 Å². The number of carbonyl (C=O) groups excluding carboxylic acids is 1. The van der Waals surface area contributed by atoms with Gasteiger partial charge in [-0.1, -0.05) is 12.1 Å². The lowest BCUT2D eigenvalue weighted by molar-refractivity contribution is -0.117. The molecule has 1 fully saturated rings. The number of anilines is 1. The number of nitrogens with one attached hydrogen (secondary N) is 1. The molecule has 6 nitrogen and oxygen atoms in total. The van der Waals surface area contributed by atoms with Gasteiger partial charge in [-0.2, -0.15) is 0 Å². The van der Waals surface area contributed by atoms with Gasteiger partial charge in [-0.3, -0.25) is 4.79 Å². The molecule has 2 aromatic carbocycles. The molecule has 2 aromatic rings. The van der Waals surface area contributed by atoms with Crippen molar-refractivity contribution in [1.82, 2.24) is 4.72 Å². The Morgan fingerprint density at radius 3 is 2.41 bits per heavy atom. The molecule has 0 saturated carbocycles. The summed E-state index contributed by atoms with van der Waals surface area (Å²) in [6.45, 7) is 4.30. The Balaban J connectivity index is 1.79. The van der Waals surface area contributed by atoms with Crippen LogP contribution in [0.5, 0.6) is 5.75 Å². The zero-order valence-corrected chi connectivity index (χ0v) is 16.5. The summed E-state index contributed by atoms with van der Waals surface area (Å²) in [4.78, 5) is 13.9. The second-order valence-corrected chi connectivity index (χ2v) is 8.43. The number of hydrogen-bond donors (Lipinski definition) is 1. The number of nitrogens with zero attached hydrogens (tertiary/aromatic N) is 1. The van der Waals surface area contributed by atoms with Gasteiger partial charge in [0.05, 0.1) is 12.0 Å². The summed E-state index contributed by atoms with van der Waals surface area (Å²) in [6.07, 6.45) is 1.37. The number of hydrogen-bond acceptors (Lipinski definition) is 4. The van der Waals surface area contributed by atoms with E-state index in [1.165, 1.54) is 0 Å². The molecule has 1 atom stereocenters. The maximum Gasteiger partial charge on any atom is 0.241 e. The summed E-state index contributed by atoms with van der Waals surface area (Å²) in [5.74, 6) is 0.802. The Bertz CT molecular complexity index is 939. The number of methoxy groups -OCH3 is 1. The van der Waals surface area contributed by atoms with E-state index in [-0.39, 0.29) is 16.8 Å². The van der Waals surface area contributed by atoms with E-state index in [1.807, 2.05) is 19.1 Å². The average Bonchev–Trinajstić information content (AvgIpc) is 3.07. The molecular formula is C20H24N2O4S. The van der Waals surface area contributed by atoms with Crippen LogP contribution in [-0.2, 0) is 14.8 Å². The smallest absolute Gasteiger partial charge is 0.241 e. The Morgan fingerprint density at radius 2 is 1.85 bits per heavy atom. The first-order valence-electron chi connectivity index (χ1n) is 8.89. The van der Waals surface area contributed by atoms with Gasteiger partial charge in [0.15, 0.2) is 0 Å². The van der Waals surface area contributed by atoms with Gasteiger partial charge in [0.2, 0.25) is 15.9 Å². The SMILES string of the molecule is COc1ccc([C@@H](C)NS(=O)(=O)c2ccc(N3CCCC3=O)c(C)c2)cc1. The minimum Gasteiger partial charge on any atom is -0.497 e. The number of carbonyl (C=O) groups is 1. The van der Waals surface area contributed by atoms with Crippen LogP contribution in [0.15, 0.2) is 47.4 Å². The Morgan fingerprint density at radius 1 is 1.15 bits per heavy atom. The molecule has 7 heteroatoms. The van der Waals surface area contributed by atoms with Crippen molar-refractivity contribution in [1.29, 1.82) is 0 Å². The molecule has 1 N–H and O–H groups in total. The van der Waals surface area contributed by atoms with E-state index in [1.54, 1.807) is 49.3 Å². The van der Waals surface area contributed by atoms with E-state index in [0.717, 1.165) is 29.0 Å². The number of sulfonamides is 1. The summed E-state index contributed by atoms with van der Waals surface area (Å²) < 4.78 is 33.4. The van der Waals surface area contributed by atoms with Gasteiger partial charge >= 0.3 is 0 Å². The Hall–Kier alpha value is -2.38. The molecule has 3 rings (SSSR count). The van der Waals surface area contributed by atoms with Gasteiger partial charge in [0, 0.05) is 24.7 Å². The molecule has 0 unspecified atom stereocenters. The molecule has 27 heavy (non-hydrogen) atoms. The third kappa shape index (κ3) is 4.14. The number of aryl methyl sites for hydroxylation is 1. The van der Waals surface area contributed by atoms with Crippen LogP contribution >= 0.6 is 0 Å². The second kappa shape index (κ2) is 7.70. The largest absolute Gasteiger partial charge is 0.497 e. The molecule has 1 aliphatic rings. The highest BCUT2D eigenvalue weighted by atomic mass is 32.2. The van der Waals surface area contributed by atoms with Crippen molar-refractivity contribution >= 4 is 21.6 Å². The molecule has 0 aliphatic carbocycles. The van der Waals surface area contributed by atoms with E-state index < -0.39 is 10.0 Å². The van der Waals surface area contributed by atoms with Crippen LogP contribution in [0, 0.1) is 6.92 Å². The quantitative estimate of drug-likeness (QED) is 0.825. The molecule has 0 bridgehead atoms. The monoisotopic (exact) mass is 388 g/mol. The minimum atomic E-state index is -3.68. The van der Waals surface area contributed by atoms with Crippen LogP contribution in [0.3, 0.4) is 0 Å². The third-order valence-corrected chi connectivity index (χ3v) is 6.33. The highest BCUT2D eigenvalue weighted by molar-refractivity contribution is 7.89. The van der Waals surface area contributed by atoms with Crippen molar-refractivity contribution in [2.24, 2.45) is 0 Å². The first-order chi connectivity index (χ1) is 12.8. The number of benzene rings is 2. The number of ether oxygens (including phenoxy) is 1. The molecule has 1 saturated heterocycles. The molecule has 0 spiro atoms. The average molecular weight is 388 g/mol. The van der Waals surface area contributed by atoms with Crippen LogP contribution in [0.25, 0.3) is 0 Å². The fraction of sp³-hybridized carbons (Fsp3) is 0.350. The molecule has 1 aliphatic heterocycles. The fourth-order valence-electron chi connectivity index (χ4n) is 3.26. The third-order valence-electron chi connectivity index (χ3n) is 4.79. The number of rotatable bonds is 6. The highest BCUT2D eigenvalue weighted by Crippen LogP contribution is 2.28. The van der Waals surface area contributed by atoms with Crippen molar-refractivity contribution in [3.63, 3.8) is 0 Å². The van der Waals surface area contributed by atoms with Gasteiger partial charge in [-0.15, -0.1) is 0 Å². The van der Waals surface area contributed by atoms with E-state index >= 15 is 0 Å². The molecule has 0 radical (unpaired) electrons. The van der Waals surface area contributed by atoms with Crippen molar-refractivity contribution < 1.29 is 17.9 Å². The maximum atomic E-state index is 12.8. The van der Waals surface area contributed by atoms with Crippen LogP contribution in [0.2, 0.25) is 0 Å². The van der Waals surface area contributed by atoms with Crippen molar-refractivity contribution in [3.8, 4) is 5.75 Å². The Labute approximate surface area is 160 Å². The van der Waals surface area contributed by atoms with E-state index in [9.17, 15) is 13.2 Å². The van der Waals surface area contributed by atoms with Gasteiger partial charge in [0.25, 0.3) is 0 Å². The van der Waals surface area contributed by atoms with E-state index in [4.69, 9.17) is 4.74 Å². The fourth-order valence-corrected chi connectivity index (χ4v) is 4.58. The summed E-state index contributed by atoms with van der Waals surface area (Å²) >= 11 is 0. The van der Waals surface area contributed by atoms with E-state index in [2.05, 4.69) is 4.72 Å². The normalized spacial score (nSPS) is 15.8. The van der Waals surface area contributed by atoms with Crippen LogP contribution in [0.1, 0.15) is 36.9 Å². The zero-order valence-electron chi connectivity index (χ0n) is 15.7. The van der Waals surface area contributed by atoms with Crippen molar-refractivity contribution in [2.75, 3.05) is 18.6 Å². The van der Waals surface area contributed by atoms with Gasteiger partial charge in [-0.25, -0.2) is 13.1 Å². The first kappa shape index (κ1) is 19.4. The Kier molecular flexibility index (Phi) is 5.53. The maximum absolute atomic E-state index is 12.8. The zero-order chi connectivity index (χ0) is 19.6. The molecule has 1 heterocycles. The standard InChI is InChI=1S/C20H24N2O4S/c1-14-13-18(10-11-19(14)22-12-4-5-20(22)23)27(24,25)21-15(2)16-6-8-17(26-3)9-7-16/h6-11,13,15,21H,4-5,12H2,1-3H3/t15-/m1/s1. The predicted molar refractivity (Wildman–Crippen MR) is 104 cm³/mol. The summed E-state index contributed by atoms with van der Waals surface area (Å²) in [7, 11) is -2.10. The number of amides is 1. The molecule has 144 valence electrons. The summed E-state index contributed by atoms with van der Waals surface area (Å²) in [5, 5.41) is 0. The highest BCUT2D eigenvalue weighted by Gasteiger charge is 2.25. The lowest BCUT2D eigenvalue weighted by Crippen LogP contribution is -2.27. The minimum absolute atomic E-state index is 0.0833. The predicted octanol–water partition coefficient (Wildman–Crippen LogP) is 3.17. The summed E-state index contributed by atoms with van der Waals surface area (Å²) in [6, 6.07) is 11.8. The van der Waals surface area contributed by atoms with Crippen molar-refractivity contribution in [2.45, 2.75) is 37.6 Å². The van der Waals surface area contributed by atoms with Gasteiger partial charge in [-0.05, 0) is 61.7 Å².